The van der Waals surface area contributed by atoms with Crippen LogP contribution >= 0.6 is 0 Å². The topological polar surface area (TPSA) is 64.4 Å². The predicted molar refractivity (Wildman–Crippen MR) is 95.5 cm³/mol. The van der Waals surface area contributed by atoms with E-state index in [9.17, 15) is 9.59 Å². The van der Waals surface area contributed by atoms with Gasteiger partial charge in [-0.2, -0.15) is 5.10 Å². The molecule has 1 aliphatic rings. The summed E-state index contributed by atoms with van der Waals surface area (Å²) in [6, 6.07) is 9.11. The minimum absolute atomic E-state index is 0.0601. The van der Waals surface area contributed by atoms with Crippen LogP contribution in [0.3, 0.4) is 0 Å². The van der Waals surface area contributed by atoms with E-state index in [0.29, 0.717) is 12.4 Å². The Morgan fingerprint density at radius 3 is 2.60 bits per heavy atom. The number of carbonyl (C=O) groups is 1. The number of piperidine rings is 1. The van der Waals surface area contributed by atoms with Gasteiger partial charge in [-0.05, 0) is 45.2 Å². The fourth-order valence-electron chi connectivity index (χ4n) is 3.14. The molecule has 2 heterocycles. The van der Waals surface area contributed by atoms with Gasteiger partial charge in [-0.15, -0.1) is 0 Å². The second kappa shape index (κ2) is 7.09. The number of ether oxygens (including phenoxy) is 1. The molecule has 1 aliphatic heterocycles. The highest BCUT2D eigenvalue weighted by atomic mass is 16.5. The van der Waals surface area contributed by atoms with Gasteiger partial charge >= 0.3 is 0 Å². The molecule has 0 N–H and O–H groups in total. The Balaban J connectivity index is 2.05. The van der Waals surface area contributed by atoms with E-state index >= 15 is 0 Å². The molecular weight excluding hydrogens is 318 g/mol. The standard InChI is InChI=1S/C19H23N3O3/c1-13-7-9-15(10-8-13)22-17(25-3)12-16(23)18(20-22)19(24)21-11-5-4-6-14(21)2/h7-10,12,14H,4-6,11H2,1-3H3/t14-/m0/s1. The van der Waals surface area contributed by atoms with E-state index in [1.807, 2.05) is 38.1 Å². The van der Waals surface area contributed by atoms with Gasteiger partial charge in [0.1, 0.15) is 0 Å². The molecule has 1 fully saturated rings. The van der Waals surface area contributed by atoms with Gasteiger partial charge in [0.15, 0.2) is 5.69 Å². The molecule has 1 aromatic heterocycles. The Morgan fingerprint density at radius 2 is 1.96 bits per heavy atom. The summed E-state index contributed by atoms with van der Waals surface area (Å²) < 4.78 is 6.79. The fraction of sp³-hybridized carbons (Fsp3) is 0.421. The lowest BCUT2D eigenvalue weighted by Gasteiger charge is -2.33. The van der Waals surface area contributed by atoms with Crippen LogP contribution in [0.2, 0.25) is 0 Å². The molecule has 0 aliphatic carbocycles. The van der Waals surface area contributed by atoms with Crippen LogP contribution in [0.25, 0.3) is 5.69 Å². The van der Waals surface area contributed by atoms with Crippen molar-refractivity contribution in [1.29, 1.82) is 0 Å². The lowest BCUT2D eigenvalue weighted by atomic mass is 10.0. The highest BCUT2D eigenvalue weighted by Gasteiger charge is 2.28. The lowest BCUT2D eigenvalue weighted by Crippen LogP contribution is -2.44. The number of nitrogens with zero attached hydrogens (tertiary/aromatic N) is 3. The third-order valence-electron chi connectivity index (χ3n) is 4.65. The molecule has 1 amide bonds. The maximum atomic E-state index is 12.9. The zero-order valence-corrected chi connectivity index (χ0v) is 14.9. The van der Waals surface area contributed by atoms with Crippen LogP contribution < -0.4 is 10.2 Å². The van der Waals surface area contributed by atoms with Gasteiger partial charge in [0.2, 0.25) is 11.3 Å². The number of methoxy groups -OCH3 is 1. The Hall–Kier alpha value is -2.63. The maximum Gasteiger partial charge on any atom is 0.278 e. The third kappa shape index (κ3) is 3.43. The highest BCUT2D eigenvalue weighted by molar-refractivity contribution is 5.92. The van der Waals surface area contributed by atoms with Gasteiger partial charge < -0.3 is 9.64 Å². The summed E-state index contributed by atoms with van der Waals surface area (Å²) in [5.41, 5.74) is 1.38. The highest BCUT2D eigenvalue weighted by Crippen LogP contribution is 2.20. The predicted octanol–water partition coefficient (Wildman–Crippen LogP) is 2.56. The van der Waals surface area contributed by atoms with Gasteiger partial charge in [0, 0.05) is 12.6 Å². The molecule has 6 nitrogen and oxygen atoms in total. The van der Waals surface area contributed by atoms with E-state index in [1.54, 1.807) is 4.90 Å². The van der Waals surface area contributed by atoms with Crippen LogP contribution in [0.15, 0.2) is 35.1 Å². The van der Waals surface area contributed by atoms with Crippen LogP contribution in [0.5, 0.6) is 5.88 Å². The summed E-state index contributed by atoms with van der Waals surface area (Å²) >= 11 is 0. The Kier molecular flexibility index (Phi) is 4.88. The van der Waals surface area contributed by atoms with Crippen molar-refractivity contribution in [1.82, 2.24) is 14.7 Å². The molecule has 0 radical (unpaired) electrons. The van der Waals surface area contributed by atoms with E-state index in [2.05, 4.69) is 5.10 Å². The Labute approximate surface area is 147 Å². The number of amides is 1. The average molecular weight is 341 g/mol. The van der Waals surface area contributed by atoms with Crippen LogP contribution in [0, 0.1) is 6.92 Å². The minimum atomic E-state index is -0.414. The fourth-order valence-corrected chi connectivity index (χ4v) is 3.14. The molecule has 0 spiro atoms. The van der Waals surface area contributed by atoms with Gasteiger partial charge in [-0.3, -0.25) is 9.59 Å². The van der Waals surface area contributed by atoms with E-state index in [4.69, 9.17) is 4.74 Å². The second-order valence-corrected chi connectivity index (χ2v) is 6.49. The first-order chi connectivity index (χ1) is 12.0. The molecule has 0 unspecified atom stereocenters. The van der Waals surface area contributed by atoms with Gasteiger partial charge in [-0.25, -0.2) is 4.68 Å². The van der Waals surface area contributed by atoms with Crippen LogP contribution in [0.4, 0.5) is 0 Å². The maximum absolute atomic E-state index is 12.9. The molecule has 25 heavy (non-hydrogen) atoms. The number of aromatic nitrogens is 2. The summed E-state index contributed by atoms with van der Waals surface area (Å²) in [4.78, 5) is 27.1. The summed E-state index contributed by atoms with van der Waals surface area (Å²) in [6.45, 7) is 4.67. The molecule has 1 atom stereocenters. The smallest absolute Gasteiger partial charge is 0.278 e. The quantitative estimate of drug-likeness (QED) is 0.861. The van der Waals surface area contributed by atoms with Crippen LogP contribution in [-0.2, 0) is 0 Å². The van der Waals surface area contributed by atoms with Crippen molar-refractivity contribution in [3.8, 4) is 11.6 Å². The molecule has 0 bridgehead atoms. The van der Waals surface area contributed by atoms with Gasteiger partial charge in [-0.1, -0.05) is 17.7 Å². The van der Waals surface area contributed by atoms with E-state index in [0.717, 1.165) is 30.5 Å². The number of rotatable bonds is 3. The van der Waals surface area contributed by atoms with Crippen molar-refractivity contribution in [3.05, 3.63) is 51.8 Å². The average Bonchev–Trinajstić information content (AvgIpc) is 2.62. The Bertz CT molecular complexity index is 827. The molecule has 6 heteroatoms. The van der Waals surface area contributed by atoms with Crippen LogP contribution in [-0.4, -0.2) is 40.3 Å². The molecule has 3 rings (SSSR count). The van der Waals surface area contributed by atoms with E-state index < -0.39 is 5.43 Å². The summed E-state index contributed by atoms with van der Waals surface area (Å²) in [7, 11) is 1.48. The monoisotopic (exact) mass is 341 g/mol. The van der Waals surface area contributed by atoms with E-state index in [-0.39, 0.29) is 17.6 Å². The first kappa shape index (κ1) is 17.2. The zero-order chi connectivity index (χ0) is 18.0. The second-order valence-electron chi connectivity index (χ2n) is 6.49. The number of aryl methyl sites for hydroxylation is 1. The largest absolute Gasteiger partial charge is 0.481 e. The molecule has 1 aromatic carbocycles. The van der Waals surface area contributed by atoms with Gasteiger partial charge in [0.05, 0.1) is 18.9 Å². The number of likely N-dealkylation sites (tertiary alicyclic amines) is 1. The minimum Gasteiger partial charge on any atom is -0.481 e. The van der Waals surface area contributed by atoms with Crippen molar-refractivity contribution in [2.45, 2.75) is 39.2 Å². The van der Waals surface area contributed by atoms with Crippen molar-refractivity contribution in [2.24, 2.45) is 0 Å². The first-order valence-corrected chi connectivity index (χ1v) is 8.57. The SMILES string of the molecule is COc1cc(=O)c(C(=O)N2CCCC[C@@H]2C)nn1-c1ccc(C)cc1. The molecule has 132 valence electrons. The lowest BCUT2D eigenvalue weighted by molar-refractivity contribution is 0.0625. The third-order valence-corrected chi connectivity index (χ3v) is 4.65. The Morgan fingerprint density at radius 1 is 1.24 bits per heavy atom. The summed E-state index contributed by atoms with van der Waals surface area (Å²) in [6.07, 6.45) is 3.01. The summed E-state index contributed by atoms with van der Waals surface area (Å²) in [5.74, 6) is -0.00203. The number of benzene rings is 1. The van der Waals surface area contributed by atoms with Crippen molar-refractivity contribution in [3.63, 3.8) is 0 Å². The molecular formula is C19H23N3O3. The van der Waals surface area contributed by atoms with Crippen molar-refractivity contribution >= 4 is 5.91 Å². The molecule has 2 aromatic rings. The number of carbonyl (C=O) groups excluding carboxylic acids is 1. The number of hydrogen-bond acceptors (Lipinski definition) is 4. The van der Waals surface area contributed by atoms with Crippen molar-refractivity contribution in [2.75, 3.05) is 13.7 Å². The molecule has 0 saturated carbocycles. The van der Waals surface area contributed by atoms with E-state index in [1.165, 1.54) is 17.9 Å². The van der Waals surface area contributed by atoms with Gasteiger partial charge in [0.25, 0.3) is 5.91 Å². The zero-order valence-electron chi connectivity index (χ0n) is 14.9. The first-order valence-electron chi connectivity index (χ1n) is 8.57. The normalized spacial score (nSPS) is 17.4. The van der Waals surface area contributed by atoms with Crippen molar-refractivity contribution < 1.29 is 9.53 Å². The number of hydrogen-bond donors (Lipinski definition) is 0. The molecule has 1 saturated heterocycles. The van der Waals surface area contributed by atoms with Crippen LogP contribution in [0.1, 0.15) is 42.2 Å². The summed E-state index contributed by atoms with van der Waals surface area (Å²) in [5, 5.41) is 4.34.